The van der Waals surface area contributed by atoms with Gasteiger partial charge in [-0.2, -0.15) is 0 Å². The number of carbonyl (C=O) groups excluding carboxylic acids is 1. The molecule has 0 aromatic carbocycles. The smallest absolute Gasteiger partial charge is 0.269 e. The van der Waals surface area contributed by atoms with Gasteiger partial charge in [0, 0.05) is 0 Å². The summed E-state index contributed by atoms with van der Waals surface area (Å²) in [5.41, 5.74) is 5.81. The summed E-state index contributed by atoms with van der Waals surface area (Å²) in [6.07, 6.45) is 0. The molecule has 0 fully saturated rings. The van der Waals surface area contributed by atoms with Crippen LogP contribution in [0.5, 0.6) is 0 Å². The van der Waals surface area contributed by atoms with Crippen LogP contribution in [0.15, 0.2) is 0 Å². The van der Waals surface area contributed by atoms with Crippen molar-refractivity contribution in [1.82, 2.24) is 5.73 Å². The van der Waals surface area contributed by atoms with Gasteiger partial charge in [-0.3, -0.25) is 10.5 Å². The molecule has 2 nitrogen and oxygen atoms in total. The lowest BCUT2D eigenvalue weighted by Crippen LogP contribution is -1.97. The van der Waals surface area contributed by atoms with Gasteiger partial charge in [-0.25, -0.2) is 4.39 Å². The lowest BCUT2D eigenvalue weighted by atomic mass is 10.7. The van der Waals surface area contributed by atoms with E-state index in [1.165, 1.54) is 0 Å². The number of nitrogens with one attached hydrogen (secondary N) is 1. The molecule has 1 amide bonds. The second-order valence-corrected chi connectivity index (χ2v) is 0.557. The van der Waals surface area contributed by atoms with E-state index in [4.69, 9.17) is 10.5 Å². The number of hydrogen-bond acceptors (Lipinski definition) is 1. The Hall–Kier alpha value is -0.600. The van der Waals surface area contributed by atoms with Crippen LogP contribution in [0, 0.1) is 0 Å². The minimum atomic E-state index is -1.17. The zero-order chi connectivity index (χ0) is 4.28. The number of hydrogen-bond donors (Lipinski definition) is 0. The second kappa shape index (κ2) is 1.69. The average Bonchev–Trinajstić information content (AvgIpc) is 1.38. The van der Waals surface area contributed by atoms with Crippen LogP contribution in [-0.4, -0.2) is 12.6 Å². The van der Waals surface area contributed by atoms with Crippen molar-refractivity contribution in [2.75, 3.05) is 6.67 Å². The summed E-state index contributed by atoms with van der Waals surface area (Å²) in [5, 5.41) is 0. The van der Waals surface area contributed by atoms with Gasteiger partial charge in [0.2, 0.25) is 0 Å². The molecule has 0 saturated carbocycles. The van der Waals surface area contributed by atoms with Gasteiger partial charge in [0.05, 0.1) is 0 Å². The first-order valence-corrected chi connectivity index (χ1v) is 1.07. The molecule has 0 heterocycles. The minimum absolute atomic E-state index is 1.16. The molecule has 0 aliphatic carbocycles. The molecule has 0 aliphatic rings. The molecular weight excluding hydrogens is 73.0 g/mol. The quantitative estimate of drug-likeness (QED) is 0.425. The summed E-state index contributed by atoms with van der Waals surface area (Å²) in [7, 11) is 0. The maximum absolute atomic E-state index is 10.6. The van der Waals surface area contributed by atoms with Crippen LogP contribution in [0.4, 0.5) is 4.39 Å². The van der Waals surface area contributed by atoms with Crippen LogP contribution in [-0.2, 0) is 4.79 Å². The van der Waals surface area contributed by atoms with Crippen LogP contribution in [0.2, 0.25) is 0 Å². The van der Waals surface area contributed by atoms with Crippen molar-refractivity contribution in [3.8, 4) is 0 Å². The number of alkyl halides is 1. The Balaban J connectivity index is 2.85. The first kappa shape index (κ1) is 4.40. The molecule has 0 atom stereocenters. The molecular formula is C2H3FNO. The lowest BCUT2D eigenvalue weighted by molar-refractivity contribution is -0.119. The molecule has 0 saturated heterocycles. The highest BCUT2D eigenvalue weighted by atomic mass is 19.1. The predicted molar refractivity (Wildman–Crippen MR) is 14.1 cm³/mol. The van der Waals surface area contributed by atoms with Crippen LogP contribution in [0.25, 0.3) is 0 Å². The molecule has 3 heteroatoms. The lowest BCUT2D eigenvalue weighted by Gasteiger charge is -1.67. The van der Waals surface area contributed by atoms with Crippen molar-refractivity contribution < 1.29 is 9.18 Å². The topological polar surface area (TPSA) is 40.9 Å². The van der Waals surface area contributed by atoms with E-state index in [-0.39, 0.29) is 0 Å². The highest BCUT2D eigenvalue weighted by molar-refractivity contribution is 5.73. The summed E-state index contributed by atoms with van der Waals surface area (Å²) >= 11 is 0. The summed E-state index contributed by atoms with van der Waals surface area (Å²) in [4.78, 5) is 9.10. The van der Waals surface area contributed by atoms with E-state index in [0.29, 0.717) is 0 Å². The summed E-state index contributed by atoms with van der Waals surface area (Å²) in [6.45, 7) is -1.17. The van der Waals surface area contributed by atoms with Crippen molar-refractivity contribution in [2.24, 2.45) is 0 Å². The largest absolute Gasteiger partial charge is 0.270 e. The van der Waals surface area contributed by atoms with Crippen LogP contribution in [0.3, 0.4) is 0 Å². The Labute approximate surface area is 28.8 Å². The van der Waals surface area contributed by atoms with Gasteiger partial charge in [-0.15, -0.1) is 0 Å². The normalized spacial score (nSPS) is 7.40. The fourth-order valence-corrected chi connectivity index (χ4v) is 0. The third-order valence-electron chi connectivity index (χ3n) is 0.121. The summed E-state index contributed by atoms with van der Waals surface area (Å²) < 4.78 is 10.6. The number of rotatable bonds is 1. The number of carbonyl (C=O) groups is 1. The minimum Gasteiger partial charge on any atom is -0.270 e. The third kappa shape index (κ3) is 3.40. The van der Waals surface area contributed by atoms with Gasteiger partial charge in [0.15, 0.2) is 6.67 Å². The molecule has 1 radical (unpaired) electrons. The first-order chi connectivity index (χ1) is 2.27. The zero-order valence-corrected chi connectivity index (χ0v) is 2.49. The highest BCUT2D eigenvalue weighted by Gasteiger charge is 1.83. The average molecular weight is 76.0 g/mol. The fraction of sp³-hybridized carbons (Fsp3) is 0.500. The molecule has 5 heavy (non-hydrogen) atoms. The number of amides is 1. The van der Waals surface area contributed by atoms with Crippen molar-refractivity contribution >= 4 is 5.91 Å². The van der Waals surface area contributed by atoms with Gasteiger partial charge in [-0.1, -0.05) is 0 Å². The molecule has 0 bridgehead atoms. The van der Waals surface area contributed by atoms with Crippen LogP contribution < -0.4 is 5.73 Å². The van der Waals surface area contributed by atoms with Gasteiger partial charge in [-0.05, 0) is 0 Å². The summed E-state index contributed by atoms with van der Waals surface area (Å²) in [5.74, 6) is -1.16. The SMILES string of the molecule is [NH]C(=O)CF. The van der Waals surface area contributed by atoms with E-state index < -0.39 is 12.6 Å². The van der Waals surface area contributed by atoms with Gasteiger partial charge in [0.1, 0.15) is 0 Å². The monoisotopic (exact) mass is 76.0 g/mol. The van der Waals surface area contributed by atoms with Crippen molar-refractivity contribution in [3.63, 3.8) is 0 Å². The van der Waals surface area contributed by atoms with Crippen LogP contribution in [0.1, 0.15) is 0 Å². The summed E-state index contributed by atoms with van der Waals surface area (Å²) in [6, 6.07) is 0. The highest BCUT2D eigenvalue weighted by Crippen LogP contribution is 1.58. The maximum Gasteiger partial charge on any atom is 0.269 e. The first-order valence-electron chi connectivity index (χ1n) is 1.07. The van der Waals surface area contributed by atoms with Crippen LogP contribution >= 0.6 is 0 Å². The molecule has 0 aromatic heterocycles. The van der Waals surface area contributed by atoms with Gasteiger partial charge < -0.3 is 0 Å². The maximum atomic E-state index is 10.6. The van der Waals surface area contributed by atoms with E-state index in [0.717, 1.165) is 0 Å². The predicted octanol–water partition coefficient (Wildman–Crippen LogP) is -0.235. The standard InChI is InChI=1S/C2H3FNO/c3-1-2(4)5/h4H,1H2. The van der Waals surface area contributed by atoms with Crippen molar-refractivity contribution in [2.45, 2.75) is 0 Å². The molecule has 0 aromatic rings. The Morgan fingerprint density at radius 2 is 2.20 bits per heavy atom. The Morgan fingerprint density at radius 3 is 2.20 bits per heavy atom. The van der Waals surface area contributed by atoms with E-state index in [1.54, 1.807) is 0 Å². The van der Waals surface area contributed by atoms with Gasteiger partial charge >= 0.3 is 0 Å². The zero-order valence-electron chi connectivity index (χ0n) is 2.49. The Kier molecular flexibility index (Phi) is 1.49. The Morgan fingerprint density at radius 1 is 2.00 bits per heavy atom. The second-order valence-electron chi connectivity index (χ2n) is 0.557. The fourth-order valence-electron chi connectivity index (χ4n) is 0. The van der Waals surface area contributed by atoms with E-state index in [9.17, 15) is 4.39 Å². The molecule has 0 aliphatic heterocycles. The van der Waals surface area contributed by atoms with Gasteiger partial charge in [0.25, 0.3) is 5.91 Å². The third-order valence-corrected chi connectivity index (χ3v) is 0.121. The molecule has 29 valence electrons. The van der Waals surface area contributed by atoms with Crippen molar-refractivity contribution in [1.29, 1.82) is 0 Å². The van der Waals surface area contributed by atoms with Crippen molar-refractivity contribution in [3.05, 3.63) is 0 Å². The van der Waals surface area contributed by atoms with E-state index >= 15 is 0 Å². The molecule has 0 spiro atoms. The van der Waals surface area contributed by atoms with E-state index in [2.05, 4.69) is 0 Å². The molecule has 0 rings (SSSR count). The van der Waals surface area contributed by atoms with E-state index in [1.807, 2.05) is 0 Å². The number of halogens is 1. The molecule has 0 unspecified atom stereocenters. The molecule has 1 N–H and O–H groups in total. The Bertz CT molecular complexity index is 44.9.